The zero-order chi connectivity index (χ0) is 11.5. The maximum absolute atomic E-state index is 11.8. The Kier molecular flexibility index (Phi) is 2.95. The normalized spacial score (nSPS) is 10.6. The molecule has 2 aromatic rings. The van der Waals surface area contributed by atoms with Crippen LogP contribution >= 0.6 is 0 Å². The second kappa shape index (κ2) is 4.39. The van der Waals surface area contributed by atoms with Gasteiger partial charge in [0.2, 0.25) is 0 Å². The van der Waals surface area contributed by atoms with E-state index in [2.05, 4.69) is 18.0 Å². The van der Waals surface area contributed by atoms with Crippen molar-refractivity contribution in [2.45, 2.75) is 20.3 Å². The number of hydrogen-bond acceptors (Lipinski definition) is 2. The monoisotopic (exact) mass is 217 g/mol. The van der Waals surface area contributed by atoms with Gasteiger partial charge < -0.3 is 9.72 Å². The number of esters is 1. The molecule has 0 spiro atoms. The number of rotatable bonds is 3. The first kappa shape index (κ1) is 10.7. The smallest absolute Gasteiger partial charge is 0.338 e. The second-order valence-electron chi connectivity index (χ2n) is 3.66. The molecule has 2 rings (SSSR count). The fourth-order valence-corrected chi connectivity index (χ4v) is 1.81. The number of H-pyrrole nitrogens is 1. The van der Waals surface area contributed by atoms with E-state index in [1.54, 1.807) is 0 Å². The molecule has 0 aliphatic heterocycles. The van der Waals surface area contributed by atoms with Crippen LogP contribution in [-0.2, 0) is 11.2 Å². The van der Waals surface area contributed by atoms with Gasteiger partial charge in [-0.05, 0) is 37.1 Å². The van der Waals surface area contributed by atoms with E-state index in [9.17, 15) is 4.79 Å². The van der Waals surface area contributed by atoms with Crippen molar-refractivity contribution in [3.63, 3.8) is 0 Å². The van der Waals surface area contributed by atoms with Crippen molar-refractivity contribution in [1.29, 1.82) is 0 Å². The summed E-state index contributed by atoms with van der Waals surface area (Å²) in [5.74, 6) is -0.248. The quantitative estimate of drug-likeness (QED) is 0.803. The summed E-state index contributed by atoms with van der Waals surface area (Å²) in [6, 6.07) is 5.88. The van der Waals surface area contributed by atoms with Gasteiger partial charge in [0, 0.05) is 17.1 Å². The van der Waals surface area contributed by atoms with Gasteiger partial charge in [0.05, 0.1) is 12.2 Å². The molecule has 0 atom stereocenters. The molecule has 1 aromatic carbocycles. The molecule has 84 valence electrons. The van der Waals surface area contributed by atoms with E-state index in [0.29, 0.717) is 12.2 Å². The highest BCUT2D eigenvalue weighted by Crippen LogP contribution is 2.21. The maximum atomic E-state index is 11.8. The van der Waals surface area contributed by atoms with Gasteiger partial charge in [-0.25, -0.2) is 4.79 Å². The van der Waals surface area contributed by atoms with E-state index in [1.165, 1.54) is 0 Å². The zero-order valence-corrected chi connectivity index (χ0v) is 9.54. The van der Waals surface area contributed by atoms with E-state index >= 15 is 0 Å². The van der Waals surface area contributed by atoms with Crippen molar-refractivity contribution >= 4 is 16.9 Å². The van der Waals surface area contributed by atoms with Gasteiger partial charge in [0.15, 0.2) is 0 Å². The van der Waals surface area contributed by atoms with Crippen LogP contribution in [0.5, 0.6) is 0 Å². The van der Waals surface area contributed by atoms with Crippen LogP contribution < -0.4 is 0 Å². The number of ether oxygens (including phenoxy) is 1. The number of aromatic nitrogens is 1. The van der Waals surface area contributed by atoms with Gasteiger partial charge in [0.1, 0.15) is 0 Å². The van der Waals surface area contributed by atoms with E-state index in [4.69, 9.17) is 4.74 Å². The Morgan fingerprint density at radius 2 is 2.19 bits per heavy atom. The molecule has 1 heterocycles. The molecule has 16 heavy (non-hydrogen) atoms. The van der Waals surface area contributed by atoms with Gasteiger partial charge in [-0.1, -0.05) is 6.92 Å². The topological polar surface area (TPSA) is 42.1 Å². The minimum atomic E-state index is -0.248. The van der Waals surface area contributed by atoms with Gasteiger partial charge >= 0.3 is 5.97 Å². The van der Waals surface area contributed by atoms with E-state index in [0.717, 1.165) is 22.9 Å². The van der Waals surface area contributed by atoms with Crippen molar-refractivity contribution in [2.75, 3.05) is 6.61 Å². The molecule has 0 aliphatic carbocycles. The molecule has 0 radical (unpaired) electrons. The summed E-state index contributed by atoms with van der Waals surface area (Å²) < 4.78 is 5.05. The van der Waals surface area contributed by atoms with Gasteiger partial charge in [-0.15, -0.1) is 0 Å². The van der Waals surface area contributed by atoms with Crippen LogP contribution in [0.4, 0.5) is 0 Å². The highest BCUT2D eigenvalue weighted by Gasteiger charge is 2.12. The highest BCUT2D eigenvalue weighted by atomic mass is 16.5. The number of carbonyl (C=O) groups excluding carboxylic acids is 1. The van der Waals surface area contributed by atoms with Crippen LogP contribution in [-0.4, -0.2) is 17.6 Å². The second-order valence-corrected chi connectivity index (χ2v) is 3.66. The third-order valence-electron chi connectivity index (χ3n) is 2.63. The van der Waals surface area contributed by atoms with E-state index in [-0.39, 0.29) is 5.97 Å². The first-order chi connectivity index (χ1) is 7.76. The maximum Gasteiger partial charge on any atom is 0.338 e. The Hall–Kier alpha value is -1.77. The number of fused-ring (bicyclic) bond motifs is 1. The molecular weight excluding hydrogens is 202 g/mol. The molecule has 0 fully saturated rings. The lowest BCUT2D eigenvalue weighted by molar-refractivity contribution is 0.0528. The summed E-state index contributed by atoms with van der Waals surface area (Å²) in [7, 11) is 0. The minimum Gasteiger partial charge on any atom is -0.462 e. The minimum absolute atomic E-state index is 0.248. The summed E-state index contributed by atoms with van der Waals surface area (Å²) in [6.07, 6.45) is 2.74. The largest absolute Gasteiger partial charge is 0.462 e. The summed E-state index contributed by atoms with van der Waals surface area (Å²) in [5.41, 5.74) is 2.78. The van der Waals surface area contributed by atoms with Crippen LogP contribution in [0.25, 0.3) is 10.9 Å². The Labute approximate surface area is 94.4 Å². The van der Waals surface area contributed by atoms with Crippen molar-refractivity contribution in [2.24, 2.45) is 0 Å². The lowest BCUT2D eigenvalue weighted by atomic mass is 10.0. The van der Waals surface area contributed by atoms with Crippen LogP contribution in [0.2, 0.25) is 0 Å². The highest BCUT2D eigenvalue weighted by molar-refractivity contribution is 6.04. The lowest BCUT2D eigenvalue weighted by Crippen LogP contribution is -2.05. The standard InChI is InChI=1S/C13H15NO2/c1-3-9-7-11(13(15)16-4-2)10-5-6-14-12(10)8-9/h5-8,14H,3-4H2,1-2H3. The van der Waals surface area contributed by atoms with Crippen molar-refractivity contribution < 1.29 is 9.53 Å². The molecule has 1 aromatic heterocycles. The Balaban J connectivity index is 2.56. The fourth-order valence-electron chi connectivity index (χ4n) is 1.81. The molecular formula is C13H15NO2. The van der Waals surface area contributed by atoms with Crippen LogP contribution in [0.15, 0.2) is 24.4 Å². The van der Waals surface area contributed by atoms with Gasteiger partial charge in [-0.2, -0.15) is 0 Å². The van der Waals surface area contributed by atoms with E-state index < -0.39 is 0 Å². The number of aryl methyl sites for hydroxylation is 1. The lowest BCUT2D eigenvalue weighted by Gasteiger charge is -2.05. The molecule has 1 N–H and O–H groups in total. The third kappa shape index (κ3) is 1.81. The zero-order valence-electron chi connectivity index (χ0n) is 9.54. The number of aromatic amines is 1. The summed E-state index contributed by atoms with van der Waals surface area (Å²) >= 11 is 0. The predicted octanol–water partition coefficient (Wildman–Crippen LogP) is 2.91. The number of nitrogens with one attached hydrogen (secondary N) is 1. The summed E-state index contributed by atoms with van der Waals surface area (Å²) in [5, 5.41) is 0.927. The SMILES string of the molecule is CCOC(=O)c1cc(CC)cc2[nH]ccc12. The molecule has 0 saturated heterocycles. The van der Waals surface area contributed by atoms with Crippen molar-refractivity contribution in [1.82, 2.24) is 4.98 Å². The van der Waals surface area contributed by atoms with Crippen LogP contribution in [0.1, 0.15) is 29.8 Å². The summed E-state index contributed by atoms with van der Waals surface area (Å²) in [4.78, 5) is 14.9. The average molecular weight is 217 g/mol. The molecule has 3 nitrogen and oxygen atoms in total. The number of benzene rings is 1. The Morgan fingerprint density at radius 1 is 1.38 bits per heavy atom. The van der Waals surface area contributed by atoms with Crippen molar-refractivity contribution in [3.8, 4) is 0 Å². The molecule has 0 saturated carbocycles. The summed E-state index contributed by atoms with van der Waals surface area (Å²) in [6.45, 7) is 4.29. The Bertz CT molecular complexity index is 514. The third-order valence-corrected chi connectivity index (χ3v) is 2.63. The molecule has 0 aliphatic rings. The first-order valence-corrected chi connectivity index (χ1v) is 5.53. The average Bonchev–Trinajstić information content (AvgIpc) is 2.75. The van der Waals surface area contributed by atoms with E-state index in [1.807, 2.05) is 25.3 Å². The fraction of sp³-hybridized carbons (Fsp3) is 0.308. The first-order valence-electron chi connectivity index (χ1n) is 5.53. The number of hydrogen-bond donors (Lipinski definition) is 1. The molecule has 3 heteroatoms. The van der Waals surface area contributed by atoms with Gasteiger partial charge in [-0.3, -0.25) is 0 Å². The van der Waals surface area contributed by atoms with Crippen LogP contribution in [0, 0.1) is 0 Å². The Morgan fingerprint density at radius 3 is 2.88 bits per heavy atom. The predicted molar refractivity (Wildman–Crippen MR) is 63.6 cm³/mol. The molecule has 0 unspecified atom stereocenters. The van der Waals surface area contributed by atoms with Crippen molar-refractivity contribution in [3.05, 3.63) is 35.5 Å². The molecule has 0 amide bonds. The van der Waals surface area contributed by atoms with Crippen LogP contribution in [0.3, 0.4) is 0 Å². The molecule has 0 bridgehead atoms. The number of carbonyl (C=O) groups is 1. The van der Waals surface area contributed by atoms with Gasteiger partial charge in [0.25, 0.3) is 0 Å².